The molecular formula is C23H27N7OS. The van der Waals surface area contributed by atoms with E-state index in [0.717, 1.165) is 47.0 Å². The molecule has 1 N–H and O–H groups in total. The van der Waals surface area contributed by atoms with E-state index in [1.165, 1.54) is 0 Å². The molecule has 9 heteroatoms. The molecule has 0 radical (unpaired) electrons. The molecule has 1 saturated heterocycles. The third kappa shape index (κ3) is 5.34. The Bertz CT molecular complexity index is 1140. The zero-order valence-corrected chi connectivity index (χ0v) is 19.6. The second kappa shape index (κ2) is 9.52. The quantitative estimate of drug-likeness (QED) is 0.574. The van der Waals surface area contributed by atoms with Gasteiger partial charge in [-0.25, -0.2) is 24.9 Å². The maximum absolute atomic E-state index is 13.0. The minimum atomic E-state index is -0.168. The summed E-state index contributed by atoms with van der Waals surface area (Å²) >= 11 is 1.57. The fourth-order valence-corrected chi connectivity index (χ4v) is 4.45. The van der Waals surface area contributed by atoms with Crippen molar-refractivity contribution in [2.75, 3.05) is 11.9 Å². The average Bonchev–Trinajstić information content (AvgIpc) is 3.16. The Hall–Kier alpha value is -3.20. The highest BCUT2D eigenvalue weighted by Gasteiger charge is 2.29. The summed E-state index contributed by atoms with van der Waals surface area (Å²) in [5, 5.41) is 6.13. The van der Waals surface area contributed by atoms with E-state index in [1.54, 1.807) is 23.5 Å². The summed E-state index contributed by atoms with van der Waals surface area (Å²) in [5.74, 6) is 1.73. The number of rotatable bonds is 5. The molecule has 1 amide bonds. The van der Waals surface area contributed by atoms with Crippen molar-refractivity contribution >= 4 is 35.1 Å². The van der Waals surface area contributed by atoms with Crippen LogP contribution in [0.4, 0.5) is 11.8 Å². The molecule has 0 unspecified atom stereocenters. The van der Waals surface area contributed by atoms with Gasteiger partial charge in [0.2, 0.25) is 11.9 Å². The van der Waals surface area contributed by atoms with E-state index in [-0.39, 0.29) is 11.9 Å². The summed E-state index contributed by atoms with van der Waals surface area (Å²) in [5.41, 5.74) is 3.41. The molecule has 0 aromatic carbocycles. The summed E-state index contributed by atoms with van der Waals surface area (Å²) in [7, 11) is 0. The van der Waals surface area contributed by atoms with Crippen molar-refractivity contribution in [3.63, 3.8) is 0 Å². The third-order valence-corrected chi connectivity index (χ3v) is 6.00. The van der Waals surface area contributed by atoms with E-state index < -0.39 is 0 Å². The predicted octanol–water partition coefficient (Wildman–Crippen LogP) is 4.47. The number of hydrogen-bond acceptors (Lipinski definition) is 8. The molecule has 32 heavy (non-hydrogen) atoms. The van der Waals surface area contributed by atoms with Gasteiger partial charge in [-0.3, -0.25) is 4.79 Å². The molecule has 3 aromatic heterocycles. The highest BCUT2D eigenvalue weighted by atomic mass is 32.1. The van der Waals surface area contributed by atoms with Crippen LogP contribution in [0.1, 0.15) is 58.9 Å². The van der Waals surface area contributed by atoms with Gasteiger partial charge in [0.15, 0.2) is 5.82 Å². The molecule has 0 aliphatic carbocycles. The first-order valence-corrected chi connectivity index (χ1v) is 11.6. The Morgan fingerprint density at radius 3 is 2.50 bits per heavy atom. The SMILES string of the molecule is Cc1cc(C)nc(Nc2cc(C)nc([C@@H]3CCCCN3C(=O)/C=C/c3csc(C)n3)n2)n1. The van der Waals surface area contributed by atoms with Gasteiger partial charge in [-0.15, -0.1) is 11.3 Å². The number of amides is 1. The van der Waals surface area contributed by atoms with Crippen LogP contribution in [0.2, 0.25) is 0 Å². The van der Waals surface area contributed by atoms with E-state index in [1.807, 2.05) is 50.1 Å². The summed E-state index contributed by atoms with van der Waals surface area (Å²) in [6.45, 7) is 8.43. The van der Waals surface area contributed by atoms with Gasteiger partial charge in [0.05, 0.1) is 16.7 Å². The number of hydrogen-bond donors (Lipinski definition) is 1. The van der Waals surface area contributed by atoms with Gasteiger partial charge in [0.1, 0.15) is 5.82 Å². The predicted molar refractivity (Wildman–Crippen MR) is 126 cm³/mol. The second-order valence-corrected chi connectivity index (χ2v) is 9.08. The summed E-state index contributed by atoms with van der Waals surface area (Å²) in [6.07, 6.45) is 6.21. The molecule has 1 aliphatic rings. The first-order valence-electron chi connectivity index (χ1n) is 10.7. The van der Waals surface area contributed by atoms with Crippen molar-refractivity contribution in [1.29, 1.82) is 0 Å². The molecule has 8 nitrogen and oxygen atoms in total. The van der Waals surface area contributed by atoms with Crippen LogP contribution < -0.4 is 5.32 Å². The number of nitrogens with zero attached hydrogens (tertiary/aromatic N) is 6. The van der Waals surface area contributed by atoms with E-state index >= 15 is 0 Å². The lowest BCUT2D eigenvalue weighted by Crippen LogP contribution is -2.38. The number of piperidine rings is 1. The van der Waals surface area contributed by atoms with Gasteiger partial charge in [-0.1, -0.05) is 0 Å². The third-order valence-electron chi connectivity index (χ3n) is 5.21. The normalized spacial score (nSPS) is 16.5. The van der Waals surface area contributed by atoms with Gasteiger partial charge < -0.3 is 10.2 Å². The maximum Gasteiger partial charge on any atom is 0.247 e. The van der Waals surface area contributed by atoms with E-state index in [9.17, 15) is 4.79 Å². The number of nitrogens with one attached hydrogen (secondary N) is 1. The molecule has 1 atom stereocenters. The number of aromatic nitrogens is 5. The lowest BCUT2D eigenvalue weighted by molar-refractivity contribution is -0.129. The number of likely N-dealkylation sites (tertiary alicyclic amines) is 1. The van der Waals surface area contributed by atoms with Crippen LogP contribution in [0.5, 0.6) is 0 Å². The van der Waals surface area contributed by atoms with Crippen LogP contribution >= 0.6 is 11.3 Å². The molecule has 4 heterocycles. The van der Waals surface area contributed by atoms with Gasteiger partial charge in [0.25, 0.3) is 0 Å². The minimum Gasteiger partial charge on any atom is -0.329 e. The summed E-state index contributed by atoms with van der Waals surface area (Å²) in [4.78, 5) is 37.6. The molecule has 0 spiro atoms. The molecule has 1 aliphatic heterocycles. The zero-order valence-electron chi connectivity index (χ0n) is 18.8. The van der Waals surface area contributed by atoms with Crippen molar-refractivity contribution in [3.05, 3.63) is 57.2 Å². The summed E-state index contributed by atoms with van der Waals surface area (Å²) in [6, 6.07) is 3.62. The number of aryl methyl sites for hydroxylation is 4. The van der Waals surface area contributed by atoms with Crippen molar-refractivity contribution < 1.29 is 4.79 Å². The first-order chi connectivity index (χ1) is 15.4. The topological polar surface area (TPSA) is 96.8 Å². The van der Waals surface area contributed by atoms with Crippen molar-refractivity contribution in [1.82, 2.24) is 29.8 Å². The standard InChI is InChI=1S/C23H27N7OS/c1-14-11-15(2)26-23(25-14)29-20-12-16(3)24-22(28-20)19-7-5-6-10-30(19)21(31)9-8-18-13-32-17(4)27-18/h8-9,11-13,19H,5-7,10H2,1-4H3,(H,24,25,26,28,29)/b9-8+/t19-/m0/s1. The Balaban J connectivity index is 1.57. The lowest BCUT2D eigenvalue weighted by atomic mass is 10.0. The molecule has 1 fully saturated rings. The zero-order chi connectivity index (χ0) is 22.7. The fraction of sp³-hybridized carbons (Fsp3) is 0.391. The fourth-order valence-electron chi connectivity index (χ4n) is 3.87. The van der Waals surface area contributed by atoms with Crippen molar-refractivity contribution in [3.8, 4) is 0 Å². The van der Waals surface area contributed by atoms with Gasteiger partial charge >= 0.3 is 0 Å². The second-order valence-electron chi connectivity index (χ2n) is 8.02. The number of thiazole rings is 1. The van der Waals surface area contributed by atoms with E-state index in [2.05, 4.69) is 25.3 Å². The lowest BCUT2D eigenvalue weighted by Gasteiger charge is -2.34. The van der Waals surface area contributed by atoms with Crippen LogP contribution in [0.25, 0.3) is 6.08 Å². The Labute approximate surface area is 191 Å². The number of carbonyl (C=O) groups is 1. The van der Waals surface area contributed by atoms with E-state index in [0.29, 0.717) is 24.1 Å². The molecular weight excluding hydrogens is 422 g/mol. The van der Waals surface area contributed by atoms with Crippen LogP contribution in [0.15, 0.2) is 23.6 Å². The Morgan fingerprint density at radius 2 is 1.78 bits per heavy atom. The molecule has 166 valence electrons. The minimum absolute atomic E-state index is 0.0439. The van der Waals surface area contributed by atoms with Gasteiger partial charge in [0, 0.05) is 41.1 Å². The van der Waals surface area contributed by atoms with Crippen LogP contribution in [-0.2, 0) is 4.79 Å². The Morgan fingerprint density at radius 1 is 1.03 bits per heavy atom. The highest BCUT2D eigenvalue weighted by molar-refractivity contribution is 7.09. The summed E-state index contributed by atoms with van der Waals surface area (Å²) < 4.78 is 0. The van der Waals surface area contributed by atoms with Crippen LogP contribution in [-0.4, -0.2) is 42.3 Å². The Kier molecular flexibility index (Phi) is 6.55. The largest absolute Gasteiger partial charge is 0.329 e. The number of carbonyl (C=O) groups excluding carboxylic acids is 1. The van der Waals surface area contributed by atoms with Gasteiger partial charge in [-0.2, -0.15) is 0 Å². The highest BCUT2D eigenvalue weighted by Crippen LogP contribution is 2.30. The number of anilines is 2. The van der Waals surface area contributed by atoms with Crippen molar-refractivity contribution in [2.24, 2.45) is 0 Å². The van der Waals surface area contributed by atoms with E-state index in [4.69, 9.17) is 4.98 Å². The molecule has 0 bridgehead atoms. The first kappa shape index (κ1) is 22.0. The smallest absolute Gasteiger partial charge is 0.247 e. The monoisotopic (exact) mass is 449 g/mol. The molecule has 3 aromatic rings. The van der Waals surface area contributed by atoms with Crippen molar-refractivity contribution in [2.45, 2.75) is 53.0 Å². The van der Waals surface area contributed by atoms with Gasteiger partial charge in [-0.05, 0) is 59.1 Å². The molecule has 0 saturated carbocycles. The van der Waals surface area contributed by atoms with Crippen LogP contribution in [0.3, 0.4) is 0 Å². The average molecular weight is 450 g/mol. The maximum atomic E-state index is 13.0. The molecule has 4 rings (SSSR count). The van der Waals surface area contributed by atoms with Crippen LogP contribution in [0, 0.1) is 27.7 Å².